The topological polar surface area (TPSA) is 68.5 Å². The molecule has 0 spiro atoms. The molecule has 1 amide bonds. The first-order valence-corrected chi connectivity index (χ1v) is 6.32. The predicted molar refractivity (Wildman–Crippen MR) is 74.2 cm³/mol. The van der Waals surface area contributed by atoms with Gasteiger partial charge in [0.05, 0.1) is 21.8 Å². The number of hydrazone groups is 1. The van der Waals surface area contributed by atoms with Crippen LogP contribution in [0.25, 0.3) is 0 Å². The molecule has 1 N–H and O–H groups in total. The van der Waals surface area contributed by atoms with Gasteiger partial charge in [0.2, 0.25) is 5.91 Å². The van der Waals surface area contributed by atoms with E-state index < -0.39 is 0 Å². The van der Waals surface area contributed by atoms with Crippen LogP contribution in [-0.4, -0.2) is 18.3 Å². The lowest BCUT2D eigenvalue weighted by atomic mass is 10.3. The van der Waals surface area contributed by atoms with Gasteiger partial charge in [-0.25, -0.2) is 0 Å². The van der Waals surface area contributed by atoms with Crippen molar-refractivity contribution in [2.24, 2.45) is 5.10 Å². The minimum Gasteiger partial charge on any atom is -0.312 e. The van der Waals surface area contributed by atoms with Crippen molar-refractivity contribution in [3.63, 3.8) is 0 Å². The van der Waals surface area contributed by atoms with Gasteiger partial charge in [0.15, 0.2) is 0 Å². The van der Waals surface area contributed by atoms with Crippen molar-refractivity contribution in [3.05, 3.63) is 28.2 Å². The summed E-state index contributed by atoms with van der Waals surface area (Å²) in [5.74, 6) is 0.198. The maximum atomic E-state index is 11.3. The molecule has 0 saturated carbocycles. The number of amidine groups is 1. The van der Waals surface area contributed by atoms with Gasteiger partial charge in [-0.1, -0.05) is 23.2 Å². The highest BCUT2D eigenvalue weighted by Gasteiger charge is 2.18. The molecule has 2 rings (SSSR count). The Hall–Kier alpha value is -1.77. The Bertz CT molecular complexity index is 580. The monoisotopic (exact) mass is 296 g/mol. The van der Waals surface area contributed by atoms with Crippen LogP contribution in [0.3, 0.4) is 0 Å². The van der Waals surface area contributed by atoms with E-state index in [4.69, 9.17) is 28.5 Å². The molecule has 1 aromatic carbocycles. The van der Waals surface area contributed by atoms with E-state index in [1.807, 2.05) is 0 Å². The number of benzene rings is 1. The first kappa shape index (κ1) is 13.7. The Morgan fingerprint density at radius 3 is 2.95 bits per heavy atom. The number of amides is 1. The highest BCUT2D eigenvalue weighted by atomic mass is 35.5. The number of anilines is 1. The lowest BCUT2D eigenvalue weighted by Gasteiger charge is -2.13. The van der Waals surface area contributed by atoms with E-state index in [2.05, 4.69) is 10.4 Å². The smallest absolute Gasteiger partial charge is 0.239 e. The number of carbonyl (C=O) groups excluding carboxylic acids is 1. The fourth-order valence-electron chi connectivity index (χ4n) is 1.65. The number of nitrogens with one attached hydrogen (secondary N) is 1. The molecular formula is C12H10Cl2N4O. The predicted octanol–water partition coefficient (Wildman–Crippen LogP) is 2.55. The maximum absolute atomic E-state index is 11.3. The SMILES string of the molecule is N#CCC(=O)NC1=NN(c2ccc(Cl)c(Cl)c2)CC1. The fourth-order valence-corrected chi connectivity index (χ4v) is 1.95. The quantitative estimate of drug-likeness (QED) is 0.912. The molecule has 1 aliphatic rings. The number of nitriles is 1. The number of halogens is 2. The largest absolute Gasteiger partial charge is 0.312 e. The average Bonchev–Trinajstić information content (AvgIpc) is 2.81. The van der Waals surface area contributed by atoms with Crippen LogP contribution in [0, 0.1) is 11.3 Å². The van der Waals surface area contributed by atoms with Gasteiger partial charge in [-0.3, -0.25) is 9.80 Å². The number of rotatable bonds is 2. The van der Waals surface area contributed by atoms with Gasteiger partial charge in [0, 0.05) is 13.0 Å². The molecular weight excluding hydrogens is 287 g/mol. The van der Waals surface area contributed by atoms with Crippen LogP contribution in [0.5, 0.6) is 0 Å². The Balaban J connectivity index is 2.07. The van der Waals surface area contributed by atoms with E-state index in [1.165, 1.54) is 0 Å². The summed E-state index contributed by atoms with van der Waals surface area (Å²) in [7, 11) is 0. The number of nitrogens with zero attached hydrogens (tertiary/aromatic N) is 3. The third-order valence-corrected chi connectivity index (χ3v) is 3.27. The average molecular weight is 297 g/mol. The molecule has 0 aromatic heterocycles. The van der Waals surface area contributed by atoms with Crippen LogP contribution < -0.4 is 10.3 Å². The first-order chi connectivity index (χ1) is 9.10. The van der Waals surface area contributed by atoms with Crippen molar-refractivity contribution < 1.29 is 4.79 Å². The fraction of sp³-hybridized carbons (Fsp3) is 0.250. The maximum Gasteiger partial charge on any atom is 0.239 e. The number of hydrogen-bond donors (Lipinski definition) is 1. The second-order valence-electron chi connectivity index (χ2n) is 3.90. The zero-order valence-electron chi connectivity index (χ0n) is 9.86. The summed E-state index contributed by atoms with van der Waals surface area (Å²) in [6, 6.07) is 7.00. The minimum atomic E-state index is -0.350. The Kier molecular flexibility index (Phi) is 4.25. The summed E-state index contributed by atoms with van der Waals surface area (Å²) in [6.45, 7) is 0.639. The summed E-state index contributed by atoms with van der Waals surface area (Å²) in [5, 5.41) is 17.9. The highest BCUT2D eigenvalue weighted by Crippen LogP contribution is 2.28. The highest BCUT2D eigenvalue weighted by molar-refractivity contribution is 6.42. The molecule has 1 heterocycles. The normalized spacial score (nSPS) is 13.9. The van der Waals surface area contributed by atoms with Crippen molar-refractivity contribution in [2.45, 2.75) is 12.8 Å². The Morgan fingerprint density at radius 1 is 1.47 bits per heavy atom. The lowest BCUT2D eigenvalue weighted by Crippen LogP contribution is -2.28. The van der Waals surface area contributed by atoms with Crippen molar-refractivity contribution in [2.75, 3.05) is 11.6 Å². The van der Waals surface area contributed by atoms with Gasteiger partial charge >= 0.3 is 0 Å². The molecule has 0 radical (unpaired) electrons. The van der Waals surface area contributed by atoms with Crippen molar-refractivity contribution in [1.29, 1.82) is 5.26 Å². The van der Waals surface area contributed by atoms with Gasteiger partial charge in [-0.2, -0.15) is 10.4 Å². The third-order valence-electron chi connectivity index (χ3n) is 2.53. The minimum absolute atomic E-state index is 0.175. The van der Waals surface area contributed by atoms with Gasteiger partial charge in [0.25, 0.3) is 0 Å². The van der Waals surface area contributed by atoms with E-state index >= 15 is 0 Å². The first-order valence-electron chi connectivity index (χ1n) is 5.57. The molecule has 0 aliphatic carbocycles. The van der Waals surface area contributed by atoms with E-state index in [0.717, 1.165) is 5.69 Å². The van der Waals surface area contributed by atoms with E-state index in [1.54, 1.807) is 29.3 Å². The molecule has 7 heteroatoms. The van der Waals surface area contributed by atoms with Crippen LogP contribution in [0.1, 0.15) is 12.8 Å². The number of hydrogen-bond acceptors (Lipinski definition) is 4. The Morgan fingerprint density at radius 2 is 2.26 bits per heavy atom. The van der Waals surface area contributed by atoms with Gasteiger partial charge in [-0.05, 0) is 18.2 Å². The molecule has 0 atom stereocenters. The van der Waals surface area contributed by atoms with Crippen LogP contribution in [0.2, 0.25) is 10.0 Å². The van der Waals surface area contributed by atoms with Crippen molar-refractivity contribution >= 4 is 40.6 Å². The summed E-state index contributed by atoms with van der Waals surface area (Å²) in [6.07, 6.45) is 0.434. The summed E-state index contributed by atoms with van der Waals surface area (Å²) >= 11 is 11.8. The second kappa shape index (κ2) is 5.91. The van der Waals surface area contributed by atoms with E-state index in [9.17, 15) is 4.79 Å². The molecule has 1 aliphatic heterocycles. The van der Waals surface area contributed by atoms with Gasteiger partial charge in [0.1, 0.15) is 12.3 Å². The molecule has 1 aromatic rings. The molecule has 5 nitrogen and oxygen atoms in total. The third kappa shape index (κ3) is 3.37. The van der Waals surface area contributed by atoms with E-state index in [-0.39, 0.29) is 12.3 Å². The zero-order valence-corrected chi connectivity index (χ0v) is 11.4. The second-order valence-corrected chi connectivity index (χ2v) is 4.72. The molecule has 0 fully saturated rings. The molecule has 0 saturated heterocycles. The molecule has 98 valence electrons. The molecule has 19 heavy (non-hydrogen) atoms. The summed E-state index contributed by atoms with van der Waals surface area (Å²) in [5.41, 5.74) is 0.805. The van der Waals surface area contributed by atoms with Crippen LogP contribution in [-0.2, 0) is 4.79 Å². The lowest BCUT2D eigenvalue weighted by molar-refractivity contribution is -0.118. The van der Waals surface area contributed by atoms with Crippen LogP contribution in [0.15, 0.2) is 23.3 Å². The zero-order chi connectivity index (χ0) is 13.8. The molecule has 0 unspecified atom stereocenters. The summed E-state index contributed by atoms with van der Waals surface area (Å²) in [4.78, 5) is 11.3. The van der Waals surface area contributed by atoms with Crippen LogP contribution >= 0.6 is 23.2 Å². The number of carbonyl (C=O) groups is 1. The van der Waals surface area contributed by atoms with Gasteiger partial charge in [-0.15, -0.1) is 0 Å². The summed E-state index contributed by atoms with van der Waals surface area (Å²) < 4.78 is 0. The van der Waals surface area contributed by atoms with Crippen LogP contribution in [0.4, 0.5) is 5.69 Å². The van der Waals surface area contributed by atoms with Gasteiger partial charge < -0.3 is 5.32 Å². The Labute approximate surface area is 120 Å². The van der Waals surface area contributed by atoms with Crippen molar-refractivity contribution in [3.8, 4) is 6.07 Å². The molecule has 0 bridgehead atoms. The standard InChI is InChI=1S/C12H10Cl2N4O/c13-9-2-1-8(7-10(9)14)18-6-4-11(17-18)16-12(19)3-5-15/h1-2,7H,3-4,6H2,(H,16,17,19). The van der Waals surface area contributed by atoms with E-state index in [0.29, 0.717) is 28.8 Å². The van der Waals surface area contributed by atoms with Crippen molar-refractivity contribution in [1.82, 2.24) is 5.32 Å².